The normalized spacial score (nSPS) is 15.4. The van der Waals surface area contributed by atoms with Crippen molar-refractivity contribution in [2.75, 3.05) is 26.2 Å². The molecule has 3 N–H and O–H groups in total. The second-order valence-corrected chi connectivity index (χ2v) is 12.2. The third-order valence-electron chi connectivity index (χ3n) is 8.72. The van der Waals surface area contributed by atoms with E-state index in [4.69, 9.17) is 0 Å². The third kappa shape index (κ3) is 19.0. The minimum Gasteiger partial charge on any atom is -0.481 e. The van der Waals surface area contributed by atoms with E-state index in [0.717, 1.165) is 19.3 Å². The summed E-state index contributed by atoms with van der Waals surface area (Å²) < 4.78 is 0.259. The minimum atomic E-state index is -0.888. The standard InChI is InChI=1S/C34H63NO6/c1-5-9-10-11-12-13-14-15-16-17-18-19-20-21-22-23-24-25-35(26-29(6-2)32(36)37,27-30(7-3)33(38)39)28-31(8-4)34(40)41/h10-11,29-31H,5-9,12-28H2,1-4H3,(H2-,36,37,38,39,40,41)/p+1/b11-10+. The number of aliphatic carboxylic acids is 3. The molecule has 0 aliphatic carbocycles. The predicted molar refractivity (Wildman–Crippen MR) is 168 cm³/mol. The van der Waals surface area contributed by atoms with E-state index in [1.807, 2.05) is 20.8 Å². The first-order valence-electron chi connectivity index (χ1n) is 16.8. The molecule has 0 rings (SSSR count). The number of unbranched alkanes of at least 4 members (excludes halogenated alkanes) is 13. The Labute approximate surface area is 251 Å². The van der Waals surface area contributed by atoms with Gasteiger partial charge in [-0.25, -0.2) is 0 Å². The molecule has 0 aliphatic rings. The van der Waals surface area contributed by atoms with Crippen molar-refractivity contribution in [3.8, 4) is 0 Å². The Morgan fingerprint density at radius 2 is 0.829 bits per heavy atom. The Morgan fingerprint density at radius 3 is 1.15 bits per heavy atom. The van der Waals surface area contributed by atoms with E-state index in [0.29, 0.717) is 25.8 Å². The molecule has 0 heterocycles. The number of nitrogens with zero attached hydrogens (tertiary/aromatic N) is 1. The van der Waals surface area contributed by atoms with Crippen LogP contribution in [-0.4, -0.2) is 63.9 Å². The molecule has 0 bridgehead atoms. The van der Waals surface area contributed by atoms with Crippen molar-refractivity contribution in [1.29, 1.82) is 0 Å². The zero-order valence-electron chi connectivity index (χ0n) is 27.0. The summed E-state index contributed by atoms with van der Waals surface area (Å²) in [5.74, 6) is -4.51. The smallest absolute Gasteiger partial charge is 0.312 e. The first-order valence-corrected chi connectivity index (χ1v) is 16.8. The van der Waals surface area contributed by atoms with E-state index in [9.17, 15) is 29.7 Å². The fourth-order valence-electron chi connectivity index (χ4n) is 5.92. The van der Waals surface area contributed by atoms with Crippen molar-refractivity contribution in [1.82, 2.24) is 0 Å². The lowest BCUT2D eigenvalue weighted by atomic mass is 9.95. The van der Waals surface area contributed by atoms with Crippen molar-refractivity contribution >= 4 is 17.9 Å². The third-order valence-corrected chi connectivity index (χ3v) is 8.72. The molecule has 0 spiro atoms. The van der Waals surface area contributed by atoms with Crippen LogP contribution in [-0.2, 0) is 14.4 Å². The van der Waals surface area contributed by atoms with Gasteiger partial charge in [-0.05, 0) is 51.4 Å². The van der Waals surface area contributed by atoms with Crippen molar-refractivity contribution in [2.45, 2.75) is 143 Å². The van der Waals surface area contributed by atoms with Crippen LogP contribution in [0.1, 0.15) is 143 Å². The molecule has 3 atom stereocenters. The molecule has 3 unspecified atom stereocenters. The average Bonchev–Trinajstić information content (AvgIpc) is 2.94. The van der Waals surface area contributed by atoms with Gasteiger partial charge in [0.25, 0.3) is 0 Å². The lowest BCUT2D eigenvalue weighted by Gasteiger charge is -2.43. The summed E-state index contributed by atoms with van der Waals surface area (Å²) in [5.41, 5.74) is 0. The molecule has 0 aromatic rings. The average molecular weight is 583 g/mol. The number of quaternary nitrogens is 1. The SMILES string of the molecule is CCC/C=C/CCCCCCCCCCCCCC[N+](CC(CC)C(=O)O)(CC(CC)C(=O)O)CC(CC)C(=O)O. The lowest BCUT2D eigenvalue weighted by molar-refractivity contribution is -0.935. The number of hydrogen-bond donors (Lipinski definition) is 3. The molecule has 240 valence electrons. The van der Waals surface area contributed by atoms with Gasteiger partial charge in [0.15, 0.2) is 0 Å². The van der Waals surface area contributed by atoms with Crippen LogP contribution >= 0.6 is 0 Å². The molecular formula is C34H64NO6+. The van der Waals surface area contributed by atoms with E-state index < -0.39 is 35.7 Å². The molecule has 0 amide bonds. The highest BCUT2D eigenvalue weighted by atomic mass is 16.4. The zero-order valence-corrected chi connectivity index (χ0v) is 27.0. The second-order valence-electron chi connectivity index (χ2n) is 12.2. The van der Waals surface area contributed by atoms with E-state index >= 15 is 0 Å². The Hall–Kier alpha value is -1.89. The van der Waals surface area contributed by atoms with Crippen LogP contribution in [0.25, 0.3) is 0 Å². The van der Waals surface area contributed by atoms with Crippen molar-refractivity contribution < 1.29 is 34.2 Å². The highest BCUT2D eigenvalue weighted by Gasteiger charge is 2.40. The van der Waals surface area contributed by atoms with Gasteiger partial charge in [0, 0.05) is 0 Å². The van der Waals surface area contributed by atoms with Crippen molar-refractivity contribution in [3.05, 3.63) is 12.2 Å². The lowest BCUT2D eigenvalue weighted by Crippen LogP contribution is -2.58. The summed E-state index contributed by atoms with van der Waals surface area (Å²) in [5, 5.41) is 29.4. The van der Waals surface area contributed by atoms with Gasteiger partial charge in [0.2, 0.25) is 0 Å². The predicted octanol–water partition coefficient (Wildman–Crippen LogP) is 8.56. The van der Waals surface area contributed by atoms with Crippen LogP contribution in [0, 0.1) is 17.8 Å². The molecule has 0 aromatic carbocycles. The van der Waals surface area contributed by atoms with Crippen molar-refractivity contribution in [2.24, 2.45) is 17.8 Å². The van der Waals surface area contributed by atoms with Crippen LogP contribution in [0.15, 0.2) is 12.2 Å². The maximum Gasteiger partial charge on any atom is 0.312 e. The zero-order chi connectivity index (χ0) is 30.9. The summed E-state index contributed by atoms with van der Waals surface area (Å²) >= 11 is 0. The van der Waals surface area contributed by atoms with Gasteiger partial charge in [-0.1, -0.05) is 104 Å². The van der Waals surface area contributed by atoms with E-state index in [2.05, 4.69) is 19.1 Å². The van der Waals surface area contributed by atoms with Gasteiger partial charge in [-0.15, -0.1) is 0 Å². The highest BCUT2D eigenvalue weighted by molar-refractivity contribution is 5.71. The molecule has 0 fully saturated rings. The molecular weight excluding hydrogens is 518 g/mol. The molecule has 0 saturated heterocycles. The number of allylic oxidation sites excluding steroid dienone is 2. The molecule has 7 heteroatoms. The first kappa shape index (κ1) is 39.1. The van der Waals surface area contributed by atoms with Crippen LogP contribution in [0.2, 0.25) is 0 Å². The monoisotopic (exact) mass is 582 g/mol. The van der Waals surface area contributed by atoms with Gasteiger partial charge in [0.1, 0.15) is 17.8 Å². The maximum absolute atomic E-state index is 12.0. The van der Waals surface area contributed by atoms with Crippen LogP contribution in [0.5, 0.6) is 0 Å². The molecule has 0 aromatic heterocycles. The van der Waals surface area contributed by atoms with Gasteiger partial charge in [-0.3, -0.25) is 14.4 Å². The second kappa shape index (κ2) is 24.7. The van der Waals surface area contributed by atoms with Gasteiger partial charge in [-0.2, -0.15) is 0 Å². The summed E-state index contributed by atoms with van der Waals surface area (Å²) in [6.07, 6.45) is 24.2. The molecule has 0 saturated carbocycles. The Kier molecular flexibility index (Phi) is 23.5. The van der Waals surface area contributed by atoms with E-state index in [1.165, 1.54) is 77.0 Å². The van der Waals surface area contributed by atoms with E-state index in [1.54, 1.807) is 0 Å². The number of rotatable bonds is 29. The summed E-state index contributed by atoms with van der Waals surface area (Å²) in [7, 11) is 0. The molecule has 41 heavy (non-hydrogen) atoms. The van der Waals surface area contributed by atoms with Crippen LogP contribution < -0.4 is 0 Å². The van der Waals surface area contributed by atoms with Gasteiger partial charge in [0.05, 0.1) is 26.2 Å². The van der Waals surface area contributed by atoms with E-state index in [-0.39, 0.29) is 24.1 Å². The highest BCUT2D eigenvalue weighted by Crippen LogP contribution is 2.25. The quantitative estimate of drug-likeness (QED) is 0.0463. The Morgan fingerprint density at radius 1 is 0.512 bits per heavy atom. The summed E-state index contributed by atoms with van der Waals surface area (Å²) in [6.45, 7) is 9.21. The summed E-state index contributed by atoms with van der Waals surface area (Å²) in [6, 6.07) is 0. The number of carboxylic acids is 3. The Bertz CT molecular complexity index is 662. The number of hydrogen-bond acceptors (Lipinski definition) is 3. The first-order chi connectivity index (χ1) is 19.7. The fraction of sp³-hybridized carbons (Fsp3) is 0.853. The fourth-order valence-corrected chi connectivity index (χ4v) is 5.92. The number of carbonyl (C=O) groups is 3. The largest absolute Gasteiger partial charge is 0.481 e. The Balaban J connectivity index is 4.76. The minimum absolute atomic E-state index is 0.259. The van der Waals surface area contributed by atoms with Crippen LogP contribution in [0.3, 0.4) is 0 Å². The maximum atomic E-state index is 12.0. The number of carboxylic acid groups (broad SMARTS) is 3. The van der Waals surface area contributed by atoms with Crippen LogP contribution in [0.4, 0.5) is 0 Å². The molecule has 7 nitrogen and oxygen atoms in total. The topological polar surface area (TPSA) is 112 Å². The van der Waals surface area contributed by atoms with Crippen molar-refractivity contribution in [3.63, 3.8) is 0 Å². The van der Waals surface area contributed by atoms with Gasteiger partial charge >= 0.3 is 17.9 Å². The van der Waals surface area contributed by atoms with Gasteiger partial charge < -0.3 is 19.8 Å². The molecule has 0 aliphatic heterocycles. The summed E-state index contributed by atoms with van der Waals surface area (Å²) in [4.78, 5) is 35.9. The molecule has 0 radical (unpaired) electrons.